The molecule has 27 heavy (non-hydrogen) atoms. The standard InChI is InChI=1S/C19H21N3O4S/c23-18(21-14-15-7-3-1-4-8-15)13-17-19(24)20-11-12-22(17)27(25,26)16-9-5-2-6-10-16/h1-10,17H,11-14H2,(H,20,24)(H,21,23). The molecule has 1 aliphatic heterocycles. The highest BCUT2D eigenvalue weighted by Gasteiger charge is 2.39. The van der Waals surface area contributed by atoms with Gasteiger partial charge in [-0.3, -0.25) is 9.59 Å². The molecular weight excluding hydrogens is 366 g/mol. The summed E-state index contributed by atoms with van der Waals surface area (Å²) < 4.78 is 27.0. The molecule has 3 rings (SSSR count). The normalized spacial score (nSPS) is 17.9. The summed E-state index contributed by atoms with van der Waals surface area (Å²) in [5, 5.41) is 5.38. The Morgan fingerprint density at radius 3 is 2.37 bits per heavy atom. The van der Waals surface area contributed by atoms with E-state index in [4.69, 9.17) is 0 Å². The molecule has 0 radical (unpaired) electrons. The lowest BCUT2D eigenvalue weighted by atomic mass is 10.1. The largest absolute Gasteiger partial charge is 0.353 e. The van der Waals surface area contributed by atoms with Crippen LogP contribution in [0.3, 0.4) is 0 Å². The molecule has 1 fully saturated rings. The van der Waals surface area contributed by atoms with Gasteiger partial charge in [-0.25, -0.2) is 8.42 Å². The van der Waals surface area contributed by atoms with Crippen molar-refractivity contribution >= 4 is 21.8 Å². The van der Waals surface area contributed by atoms with Gasteiger partial charge >= 0.3 is 0 Å². The highest BCUT2D eigenvalue weighted by molar-refractivity contribution is 7.89. The molecule has 2 aromatic carbocycles. The summed E-state index contributed by atoms with van der Waals surface area (Å²) in [5.74, 6) is -0.843. The maximum absolute atomic E-state index is 12.9. The number of nitrogens with zero attached hydrogens (tertiary/aromatic N) is 1. The molecule has 0 saturated carbocycles. The molecule has 7 nitrogen and oxygen atoms in total. The molecule has 1 aliphatic rings. The summed E-state index contributed by atoms with van der Waals surface area (Å²) in [7, 11) is -3.86. The van der Waals surface area contributed by atoms with Crippen LogP contribution in [0.4, 0.5) is 0 Å². The van der Waals surface area contributed by atoms with Crippen molar-refractivity contribution in [2.24, 2.45) is 0 Å². The molecule has 2 amide bonds. The van der Waals surface area contributed by atoms with Crippen LogP contribution in [0.25, 0.3) is 0 Å². The second kappa shape index (κ2) is 8.32. The average molecular weight is 387 g/mol. The van der Waals surface area contributed by atoms with Crippen LogP contribution in [0.1, 0.15) is 12.0 Å². The zero-order valence-corrected chi connectivity index (χ0v) is 15.5. The fourth-order valence-corrected chi connectivity index (χ4v) is 4.56. The number of piperazine rings is 1. The van der Waals surface area contributed by atoms with E-state index in [1.807, 2.05) is 30.3 Å². The smallest absolute Gasteiger partial charge is 0.243 e. The van der Waals surface area contributed by atoms with E-state index in [0.717, 1.165) is 9.87 Å². The van der Waals surface area contributed by atoms with Gasteiger partial charge in [0.25, 0.3) is 0 Å². The Bertz CT molecular complexity index is 901. The first kappa shape index (κ1) is 19.1. The van der Waals surface area contributed by atoms with Crippen LogP contribution >= 0.6 is 0 Å². The number of nitrogens with one attached hydrogen (secondary N) is 2. The fourth-order valence-electron chi connectivity index (χ4n) is 2.95. The molecule has 0 bridgehead atoms. The van der Waals surface area contributed by atoms with Gasteiger partial charge in [0.1, 0.15) is 6.04 Å². The molecule has 1 unspecified atom stereocenters. The lowest BCUT2D eigenvalue weighted by molar-refractivity contribution is -0.131. The molecule has 1 saturated heterocycles. The number of sulfonamides is 1. The van der Waals surface area contributed by atoms with E-state index in [0.29, 0.717) is 6.54 Å². The highest BCUT2D eigenvalue weighted by Crippen LogP contribution is 2.21. The van der Waals surface area contributed by atoms with Gasteiger partial charge < -0.3 is 10.6 Å². The van der Waals surface area contributed by atoms with Crippen LogP contribution in [0.5, 0.6) is 0 Å². The Morgan fingerprint density at radius 2 is 1.70 bits per heavy atom. The summed E-state index contributed by atoms with van der Waals surface area (Å²) in [6.45, 7) is 0.659. The zero-order valence-electron chi connectivity index (χ0n) is 14.7. The number of hydrogen-bond donors (Lipinski definition) is 2. The maximum atomic E-state index is 12.9. The topological polar surface area (TPSA) is 95.6 Å². The minimum absolute atomic E-state index is 0.106. The van der Waals surface area contributed by atoms with Crippen molar-refractivity contribution in [1.29, 1.82) is 0 Å². The Balaban J connectivity index is 1.73. The van der Waals surface area contributed by atoms with Gasteiger partial charge in [-0.1, -0.05) is 48.5 Å². The summed E-state index contributed by atoms with van der Waals surface area (Å²) >= 11 is 0. The predicted molar refractivity (Wildman–Crippen MR) is 100 cm³/mol. The zero-order chi connectivity index (χ0) is 19.3. The summed E-state index contributed by atoms with van der Waals surface area (Å²) in [6, 6.07) is 16.2. The number of benzene rings is 2. The second-order valence-corrected chi connectivity index (χ2v) is 8.09. The lowest BCUT2D eigenvalue weighted by Crippen LogP contribution is -2.58. The van der Waals surface area contributed by atoms with Crippen LogP contribution in [0.15, 0.2) is 65.6 Å². The van der Waals surface area contributed by atoms with Gasteiger partial charge in [0.15, 0.2) is 0 Å². The first-order valence-electron chi connectivity index (χ1n) is 8.64. The summed E-state index contributed by atoms with van der Waals surface area (Å²) in [4.78, 5) is 24.7. The van der Waals surface area contributed by atoms with E-state index in [2.05, 4.69) is 10.6 Å². The molecule has 0 aromatic heterocycles. The Morgan fingerprint density at radius 1 is 1.07 bits per heavy atom. The fraction of sp³-hybridized carbons (Fsp3) is 0.263. The van der Waals surface area contributed by atoms with Crippen molar-refractivity contribution in [3.63, 3.8) is 0 Å². The van der Waals surface area contributed by atoms with Gasteiger partial charge in [-0.05, 0) is 17.7 Å². The third-order valence-electron chi connectivity index (χ3n) is 4.34. The van der Waals surface area contributed by atoms with E-state index in [9.17, 15) is 18.0 Å². The predicted octanol–water partition coefficient (Wildman–Crippen LogP) is 0.882. The monoisotopic (exact) mass is 387 g/mol. The minimum atomic E-state index is -3.86. The minimum Gasteiger partial charge on any atom is -0.353 e. The number of rotatable bonds is 6. The molecule has 2 aromatic rings. The van der Waals surface area contributed by atoms with E-state index in [1.165, 1.54) is 12.1 Å². The second-order valence-electron chi connectivity index (χ2n) is 6.20. The first-order chi connectivity index (χ1) is 13.0. The number of amides is 2. The van der Waals surface area contributed by atoms with Gasteiger partial charge in [0.05, 0.1) is 11.3 Å². The summed E-state index contributed by atoms with van der Waals surface area (Å²) in [6.07, 6.45) is -0.231. The van der Waals surface area contributed by atoms with E-state index >= 15 is 0 Å². The summed E-state index contributed by atoms with van der Waals surface area (Å²) in [5.41, 5.74) is 0.924. The van der Waals surface area contributed by atoms with Gasteiger partial charge in [-0.2, -0.15) is 4.31 Å². The third-order valence-corrected chi connectivity index (χ3v) is 6.27. The van der Waals surface area contributed by atoms with Crippen molar-refractivity contribution in [3.8, 4) is 0 Å². The van der Waals surface area contributed by atoms with E-state index in [-0.39, 0.29) is 30.3 Å². The SMILES string of the molecule is O=C(CC1C(=O)NCCN1S(=O)(=O)c1ccccc1)NCc1ccccc1. The van der Waals surface area contributed by atoms with E-state index in [1.54, 1.807) is 18.2 Å². The molecule has 2 N–H and O–H groups in total. The van der Waals surface area contributed by atoms with Crippen LogP contribution in [-0.4, -0.2) is 43.7 Å². The Hall–Kier alpha value is -2.71. The molecule has 0 aliphatic carbocycles. The molecule has 0 spiro atoms. The maximum Gasteiger partial charge on any atom is 0.243 e. The number of carbonyl (C=O) groups is 2. The van der Waals surface area contributed by atoms with Crippen LogP contribution in [0.2, 0.25) is 0 Å². The number of hydrogen-bond acceptors (Lipinski definition) is 4. The quantitative estimate of drug-likeness (QED) is 0.769. The van der Waals surface area contributed by atoms with Crippen molar-refractivity contribution in [2.75, 3.05) is 13.1 Å². The average Bonchev–Trinajstić information content (AvgIpc) is 2.69. The van der Waals surface area contributed by atoms with Gasteiger partial charge in [0.2, 0.25) is 21.8 Å². The van der Waals surface area contributed by atoms with Crippen molar-refractivity contribution in [2.45, 2.75) is 23.9 Å². The molecule has 8 heteroatoms. The van der Waals surface area contributed by atoms with Crippen LogP contribution in [-0.2, 0) is 26.2 Å². The van der Waals surface area contributed by atoms with Gasteiger partial charge in [0, 0.05) is 19.6 Å². The first-order valence-corrected chi connectivity index (χ1v) is 10.1. The van der Waals surface area contributed by atoms with E-state index < -0.39 is 22.0 Å². The van der Waals surface area contributed by atoms with Crippen LogP contribution < -0.4 is 10.6 Å². The molecule has 1 atom stereocenters. The van der Waals surface area contributed by atoms with Crippen molar-refractivity contribution < 1.29 is 18.0 Å². The molecule has 1 heterocycles. The number of carbonyl (C=O) groups excluding carboxylic acids is 2. The van der Waals surface area contributed by atoms with Crippen LogP contribution in [0, 0.1) is 0 Å². The third kappa shape index (κ3) is 4.53. The van der Waals surface area contributed by atoms with Crippen molar-refractivity contribution in [3.05, 3.63) is 66.2 Å². The Kier molecular flexibility index (Phi) is 5.88. The highest BCUT2D eigenvalue weighted by atomic mass is 32.2. The Labute approximate surface area is 158 Å². The molecule has 142 valence electrons. The van der Waals surface area contributed by atoms with Gasteiger partial charge in [-0.15, -0.1) is 0 Å². The molecular formula is C19H21N3O4S. The lowest BCUT2D eigenvalue weighted by Gasteiger charge is -2.33. The van der Waals surface area contributed by atoms with Crippen molar-refractivity contribution in [1.82, 2.24) is 14.9 Å².